The zero-order chi connectivity index (χ0) is 14.0. The largest absolute Gasteiger partial charge is 0.387 e. The van der Waals surface area contributed by atoms with Crippen molar-refractivity contribution in [3.63, 3.8) is 0 Å². The van der Waals surface area contributed by atoms with Crippen molar-refractivity contribution in [2.75, 3.05) is 6.54 Å². The molecule has 0 bridgehead atoms. The van der Waals surface area contributed by atoms with E-state index in [4.69, 9.17) is 17.3 Å². The molecule has 0 amide bonds. The van der Waals surface area contributed by atoms with Gasteiger partial charge in [-0.1, -0.05) is 17.7 Å². The van der Waals surface area contributed by atoms with Gasteiger partial charge in [-0.25, -0.2) is 4.39 Å². The molecule has 0 fully saturated rings. The van der Waals surface area contributed by atoms with Crippen LogP contribution in [0.3, 0.4) is 0 Å². The zero-order valence-electron chi connectivity index (χ0n) is 9.82. The predicted octanol–water partition coefficient (Wildman–Crippen LogP) is 4.08. The molecule has 2 unspecified atom stereocenters. The lowest BCUT2D eigenvalue weighted by molar-refractivity contribution is 0.149. The van der Waals surface area contributed by atoms with Gasteiger partial charge < -0.3 is 10.8 Å². The highest BCUT2D eigenvalue weighted by Gasteiger charge is 2.28. The SMILES string of the molecule is NCC(c1c(F)cccc1Cl)C(O)c1sccc1Br. The molecule has 0 aliphatic heterocycles. The van der Waals surface area contributed by atoms with E-state index in [0.717, 1.165) is 9.35 Å². The Morgan fingerprint density at radius 2 is 2.16 bits per heavy atom. The van der Waals surface area contributed by atoms with Crippen molar-refractivity contribution < 1.29 is 9.50 Å². The monoisotopic (exact) mass is 363 g/mol. The van der Waals surface area contributed by atoms with E-state index in [1.807, 2.05) is 11.4 Å². The summed E-state index contributed by atoms with van der Waals surface area (Å²) in [6.07, 6.45) is -0.895. The van der Waals surface area contributed by atoms with Gasteiger partial charge in [-0.05, 0) is 39.5 Å². The molecule has 19 heavy (non-hydrogen) atoms. The number of hydrogen-bond acceptors (Lipinski definition) is 3. The van der Waals surface area contributed by atoms with Gasteiger partial charge in [0, 0.05) is 32.4 Å². The molecule has 1 aromatic carbocycles. The minimum atomic E-state index is -0.895. The van der Waals surface area contributed by atoms with Crippen molar-refractivity contribution in [1.82, 2.24) is 0 Å². The van der Waals surface area contributed by atoms with Gasteiger partial charge in [0.05, 0.1) is 6.10 Å². The molecule has 0 radical (unpaired) electrons. The van der Waals surface area contributed by atoms with Crippen molar-refractivity contribution >= 4 is 38.9 Å². The van der Waals surface area contributed by atoms with Gasteiger partial charge in [0.1, 0.15) is 5.82 Å². The van der Waals surface area contributed by atoms with Gasteiger partial charge >= 0.3 is 0 Å². The highest BCUT2D eigenvalue weighted by Crippen LogP contribution is 2.40. The van der Waals surface area contributed by atoms with Crippen LogP contribution in [-0.2, 0) is 0 Å². The summed E-state index contributed by atoms with van der Waals surface area (Å²) in [6.45, 7) is 0.103. The first kappa shape index (κ1) is 14.9. The summed E-state index contributed by atoms with van der Waals surface area (Å²) in [5, 5.41) is 12.6. The summed E-state index contributed by atoms with van der Waals surface area (Å²) in [6, 6.07) is 6.28. The lowest BCUT2D eigenvalue weighted by Crippen LogP contribution is -2.21. The molecule has 1 heterocycles. The van der Waals surface area contributed by atoms with Crippen molar-refractivity contribution in [2.45, 2.75) is 12.0 Å². The van der Waals surface area contributed by atoms with Gasteiger partial charge in [0.2, 0.25) is 0 Å². The van der Waals surface area contributed by atoms with E-state index < -0.39 is 17.8 Å². The minimum absolute atomic E-state index is 0.103. The van der Waals surface area contributed by atoms with Crippen LogP contribution in [0.5, 0.6) is 0 Å². The lowest BCUT2D eigenvalue weighted by Gasteiger charge is -2.23. The summed E-state index contributed by atoms with van der Waals surface area (Å²) in [4.78, 5) is 0.717. The Bertz CT molecular complexity index is 557. The van der Waals surface area contributed by atoms with Crippen LogP contribution in [0.2, 0.25) is 5.02 Å². The fraction of sp³-hybridized carbons (Fsp3) is 0.231. The first-order valence-electron chi connectivity index (χ1n) is 5.61. The fourth-order valence-corrected chi connectivity index (χ4v) is 3.93. The Balaban J connectivity index is 2.43. The lowest BCUT2D eigenvalue weighted by atomic mass is 9.92. The Kier molecular flexibility index (Phi) is 4.97. The first-order chi connectivity index (χ1) is 9.06. The number of rotatable bonds is 4. The number of aliphatic hydroxyl groups is 1. The van der Waals surface area contributed by atoms with Gasteiger partial charge in [-0.3, -0.25) is 0 Å². The smallest absolute Gasteiger partial charge is 0.128 e. The second kappa shape index (κ2) is 6.33. The van der Waals surface area contributed by atoms with Crippen LogP contribution in [0.25, 0.3) is 0 Å². The van der Waals surface area contributed by atoms with Crippen LogP contribution in [-0.4, -0.2) is 11.7 Å². The number of benzene rings is 1. The fourth-order valence-electron chi connectivity index (χ4n) is 1.97. The van der Waals surface area contributed by atoms with Gasteiger partial charge in [0.25, 0.3) is 0 Å². The highest BCUT2D eigenvalue weighted by molar-refractivity contribution is 9.10. The molecule has 6 heteroatoms. The minimum Gasteiger partial charge on any atom is -0.387 e. The third kappa shape index (κ3) is 3.01. The van der Waals surface area contributed by atoms with Crippen LogP contribution < -0.4 is 5.73 Å². The van der Waals surface area contributed by atoms with Crippen molar-refractivity contribution in [2.24, 2.45) is 5.73 Å². The van der Waals surface area contributed by atoms with E-state index >= 15 is 0 Å². The molecule has 102 valence electrons. The Morgan fingerprint density at radius 3 is 2.68 bits per heavy atom. The quantitative estimate of drug-likeness (QED) is 0.858. The third-order valence-electron chi connectivity index (χ3n) is 2.92. The molecule has 2 nitrogen and oxygen atoms in total. The topological polar surface area (TPSA) is 46.2 Å². The second-order valence-corrected chi connectivity index (χ2v) is 6.26. The highest BCUT2D eigenvalue weighted by atomic mass is 79.9. The zero-order valence-corrected chi connectivity index (χ0v) is 13.0. The van der Waals surface area contributed by atoms with Crippen molar-refractivity contribution in [1.29, 1.82) is 0 Å². The van der Waals surface area contributed by atoms with Crippen LogP contribution in [0.4, 0.5) is 4.39 Å². The molecule has 1 aromatic heterocycles. The summed E-state index contributed by atoms with van der Waals surface area (Å²) >= 11 is 10.8. The van der Waals surface area contributed by atoms with Crippen LogP contribution in [0.15, 0.2) is 34.1 Å². The number of hydrogen-bond donors (Lipinski definition) is 2. The van der Waals surface area contributed by atoms with E-state index in [1.165, 1.54) is 23.5 Å². The number of thiophene rings is 1. The molecule has 0 saturated carbocycles. The van der Waals surface area contributed by atoms with Gasteiger partial charge in [0.15, 0.2) is 0 Å². The predicted molar refractivity (Wildman–Crippen MR) is 80.2 cm³/mol. The molecule has 2 rings (SSSR count). The standard InChI is InChI=1S/C13H12BrClFNOS/c14-8-4-5-19-13(8)12(18)7(6-17)11-9(15)2-1-3-10(11)16/h1-5,7,12,18H,6,17H2. The summed E-state index contributed by atoms with van der Waals surface area (Å²) in [5.41, 5.74) is 5.97. The van der Waals surface area contributed by atoms with E-state index in [9.17, 15) is 9.50 Å². The average molecular weight is 365 g/mol. The number of aliphatic hydroxyl groups excluding tert-OH is 1. The van der Waals surface area contributed by atoms with Gasteiger partial charge in [-0.2, -0.15) is 0 Å². The summed E-state index contributed by atoms with van der Waals surface area (Å²) in [5.74, 6) is -1.03. The molecule has 0 aliphatic rings. The Hall–Kier alpha value is -0.460. The number of halogens is 3. The summed E-state index contributed by atoms with van der Waals surface area (Å²) in [7, 11) is 0. The maximum Gasteiger partial charge on any atom is 0.128 e. The normalized spacial score (nSPS) is 14.4. The van der Waals surface area contributed by atoms with Crippen LogP contribution in [0, 0.1) is 5.82 Å². The molecule has 2 atom stereocenters. The van der Waals surface area contributed by atoms with Gasteiger partial charge in [-0.15, -0.1) is 11.3 Å². The van der Waals surface area contributed by atoms with Crippen molar-refractivity contribution in [3.05, 3.63) is 55.4 Å². The number of nitrogens with two attached hydrogens (primary N) is 1. The molecule has 0 aliphatic carbocycles. The maximum atomic E-state index is 13.9. The van der Waals surface area contributed by atoms with Crippen LogP contribution in [0.1, 0.15) is 22.5 Å². The Labute approximate surface area is 128 Å². The average Bonchev–Trinajstić information content (AvgIpc) is 2.79. The molecule has 3 N–H and O–H groups in total. The van der Waals surface area contributed by atoms with E-state index in [0.29, 0.717) is 0 Å². The van der Waals surface area contributed by atoms with E-state index in [-0.39, 0.29) is 17.1 Å². The van der Waals surface area contributed by atoms with E-state index in [2.05, 4.69) is 15.9 Å². The molecular formula is C13H12BrClFNOS. The van der Waals surface area contributed by atoms with E-state index in [1.54, 1.807) is 6.07 Å². The molecule has 2 aromatic rings. The van der Waals surface area contributed by atoms with Crippen molar-refractivity contribution in [3.8, 4) is 0 Å². The molecule has 0 saturated heterocycles. The van der Waals surface area contributed by atoms with Crippen LogP contribution >= 0.6 is 38.9 Å². The molecular weight excluding hydrogens is 353 g/mol. The molecule has 0 spiro atoms. The summed E-state index contributed by atoms with van der Waals surface area (Å²) < 4.78 is 14.7. The second-order valence-electron chi connectivity index (χ2n) is 4.06. The maximum absolute atomic E-state index is 13.9. The third-order valence-corrected chi connectivity index (χ3v) is 5.19. The first-order valence-corrected chi connectivity index (χ1v) is 7.66. The Morgan fingerprint density at radius 1 is 1.42 bits per heavy atom.